The van der Waals surface area contributed by atoms with Gasteiger partial charge in [0.05, 0.1) is 6.10 Å². The van der Waals surface area contributed by atoms with Gasteiger partial charge in [0, 0.05) is 24.9 Å². The lowest BCUT2D eigenvalue weighted by Gasteiger charge is -2.21. The number of nitrogens with one attached hydrogen (secondary N) is 1. The van der Waals surface area contributed by atoms with Crippen molar-refractivity contribution in [3.63, 3.8) is 0 Å². The summed E-state index contributed by atoms with van der Waals surface area (Å²) in [5, 5.41) is 3.06. The summed E-state index contributed by atoms with van der Waals surface area (Å²) >= 11 is 5.73. The summed E-state index contributed by atoms with van der Waals surface area (Å²) in [5.41, 5.74) is 0. The number of alkyl halides is 1. The van der Waals surface area contributed by atoms with Gasteiger partial charge in [0.15, 0.2) is 0 Å². The van der Waals surface area contributed by atoms with Crippen molar-refractivity contribution >= 4 is 17.5 Å². The third-order valence-corrected chi connectivity index (χ3v) is 3.51. The zero-order chi connectivity index (χ0) is 12.7. The van der Waals surface area contributed by atoms with Crippen LogP contribution in [0.4, 0.5) is 0 Å². The maximum Gasteiger partial charge on any atom is 0.220 e. The minimum atomic E-state index is 0.129. The van der Waals surface area contributed by atoms with E-state index in [2.05, 4.69) is 19.2 Å². The fraction of sp³-hybridized carbons (Fsp3) is 0.923. The number of carbonyl (C=O) groups is 1. The lowest BCUT2D eigenvalue weighted by molar-refractivity contribution is -0.122. The van der Waals surface area contributed by atoms with Crippen molar-refractivity contribution < 1.29 is 9.53 Å². The summed E-state index contributed by atoms with van der Waals surface area (Å²) in [6, 6.07) is 0.199. The van der Waals surface area contributed by atoms with E-state index < -0.39 is 0 Å². The molecule has 17 heavy (non-hydrogen) atoms. The van der Waals surface area contributed by atoms with Crippen LogP contribution in [0.5, 0.6) is 0 Å². The molecule has 0 aliphatic carbocycles. The van der Waals surface area contributed by atoms with Crippen molar-refractivity contribution in [2.75, 3.05) is 12.5 Å². The summed E-state index contributed by atoms with van der Waals surface area (Å²) in [6.07, 6.45) is 4.78. The van der Waals surface area contributed by atoms with Crippen LogP contribution < -0.4 is 5.32 Å². The van der Waals surface area contributed by atoms with Crippen LogP contribution in [0.1, 0.15) is 46.0 Å². The minimum absolute atomic E-state index is 0.129. The fourth-order valence-corrected chi connectivity index (χ4v) is 2.37. The van der Waals surface area contributed by atoms with Gasteiger partial charge < -0.3 is 10.1 Å². The summed E-state index contributed by atoms with van der Waals surface area (Å²) in [7, 11) is 0. The molecule has 1 amide bonds. The molecule has 1 heterocycles. The van der Waals surface area contributed by atoms with Crippen LogP contribution in [0.3, 0.4) is 0 Å². The first-order valence-electron chi connectivity index (χ1n) is 6.60. The standard InChI is InChI=1S/C13H24ClNO2/c1-10(2)12(7-8-14)15-13(16)6-5-11-4-3-9-17-11/h10-12H,3-9H2,1-2H3,(H,15,16). The summed E-state index contributed by atoms with van der Waals surface area (Å²) < 4.78 is 5.50. The van der Waals surface area contributed by atoms with Gasteiger partial charge in [-0.05, 0) is 31.6 Å². The fourth-order valence-electron chi connectivity index (χ4n) is 2.13. The molecule has 0 radical (unpaired) electrons. The number of carbonyl (C=O) groups excluding carboxylic acids is 1. The summed E-state index contributed by atoms with van der Waals surface area (Å²) in [6.45, 7) is 5.07. The molecule has 0 bridgehead atoms. The molecule has 4 heteroatoms. The summed E-state index contributed by atoms with van der Waals surface area (Å²) in [4.78, 5) is 11.8. The van der Waals surface area contributed by atoms with E-state index in [9.17, 15) is 4.79 Å². The molecule has 1 aliphatic rings. The molecule has 2 unspecified atom stereocenters. The van der Waals surface area contributed by atoms with Gasteiger partial charge in [0.2, 0.25) is 5.91 Å². The monoisotopic (exact) mass is 261 g/mol. The van der Waals surface area contributed by atoms with Crippen LogP contribution in [-0.4, -0.2) is 30.5 Å². The van der Waals surface area contributed by atoms with Gasteiger partial charge >= 0.3 is 0 Å². The quantitative estimate of drug-likeness (QED) is 0.716. The summed E-state index contributed by atoms with van der Waals surface area (Å²) in [5.74, 6) is 1.15. The Labute approximate surface area is 109 Å². The first-order chi connectivity index (χ1) is 8.13. The lowest BCUT2D eigenvalue weighted by atomic mass is 10.0. The molecule has 2 atom stereocenters. The molecule has 100 valence electrons. The molecule has 0 aromatic heterocycles. The van der Waals surface area contributed by atoms with Gasteiger partial charge in [-0.15, -0.1) is 11.6 Å². The van der Waals surface area contributed by atoms with Crippen LogP contribution in [0.25, 0.3) is 0 Å². The highest BCUT2D eigenvalue weighted by Gasteiger charge is 2.19. The van der Waals surface area contributed by atoms with Gasteiger partial charge in [0.25, 0.3) is 0 Å². The molecular formula is C13H24ClNO2. The first kappa shape index (κ1) is 14.8. The second-order valence-electron chi connectivity index (χ2n) is 5.07. The second-order valence-corrected chi connectivity index (χ2v) is 5.45. The van der Waals surface area contributed by atoms with E-state index >= 15 is 0 Å². The molecular weight excluding hydrogens is 238 g/mol. The van der Waals surface area contributed by atoms with Gasteiger partial charge in [-0.25, -0.2) is 0 Å². The molecule has 0 aromatic rings. The van der Waals surface area contributed by atoms with E-state index in [1.807, 2.05) is 0 Å². The van der Waals surface area contributed by atoms with Crippen LogP contribution in [-0.2, 0) is 9.53 Å². The van der Waals surface area contributed by atoms with Crippen molar-refractivity contribution in [2.45, 2.75) is 58.1 Å². The van der Waals surface area contributed by atoms with E-state index in [4.69, 9.17) is 16.3 Å². The number of hydrogen-bond donors (Lipinski definition) is 1. The molecule has 3 nitrogen and oxygen atoms in total. The maximum atomic E-state index is 11.8. The third kappa shape index (κ3) is 5.73. The molecule has 1 N–H and O–H groups in total. The molecule has 1 fully saturated rings. The molecule has 0 aromatic carbocycles. The van der Waals surface area contributed by atoms with E-state index in [0.717, 1.165) is 32.3 Å². The average Bonchev–Trinajstić information content (AvgIpc) is 2.78. The minimum Gasteiger partial charge on any atom is -0.378 e. The predicted molar refractivity (Wildman–Crippen MR) is 70.3 cm³/mol. The predicted octanol–water partition coefficient (Wildman–Crippen LogP) is 2.72. The van der Waals surface area contributed by atoms with Gasteiger partial charge in [0.1, 0.15) is 0 Å². The SMILES string of the molecule is CC(C)C(CCCl)NC(=O)CCC1CCCO1. The molecule has 1 aliphatic heterocycles. The Morgan fingerprint density at radius 3 is 2.82 bits per heavy atom. The highest BCUT2D eigenvalue weighted by atomic mass is 35.5. The number of hydrogen-bond acceptors (Lipinski definition) is 2. The second kappa shape index (κ2) is 7.93. The van der Waals surface area contributed by atoms with Crippen LogP contribution in [0.2, 0.25) is 0 Å². The van der Waals surface area contributed by atoms with Crippen molar-refractivity contribution in [3.8, 4) is 0 Å². The van der Waals surface area contributed by atoms with Gasteiger partial charge in [-0.1, -0.05) is 13.8 Å². The number of ether oxygens (including phenoxy) is 1. The van der Waals surface area contributed by atoms with Gasteiger partial charge in [-0.3, -0.25) is 4.79 Å². The van der Waals surface area contributed by atoms with Crippen molar-refractivity contribution in [1.82, 2.24) is 5.32 Å². The first-order valence-corrected chi connectivity index (χ1v) is 7.14. The topological polar surface area (TPSA) is 38.3 Å². The zero-order valence-electron chi connectivity index (χ0n) is 10.9. The Morgan fingerprint density at radius 1 is 1.53 bits per heavy atom. The molecule has 1 rings (SSSR count). The van der Waals surface area contributed by atoms with Crippen molar-refractivity contribution in [1.29, 1.82) is 0 Å². The Morgan fingerprint density at radius 2 is 2.29 bits per heavy atom. The normalized spacial score (nSPS) is 21.8. The Kier molecular flexibility index (Phi) is 6.90. The molecule has 0 saturated carbocycles. The number of rotatable bonds is 7. The number of amides is 1. The van der Waals surface area contributed by atoms with E-state index in [1.165, 1.54) is 0 Å². The maximum absolute atomic E-state index is 11.8. The lowest BCUT2D eigenvalue weighted by Crippen LogP contribution is -2.39. The highest BCUT2D eigenvalue weighted by Crippen LogP contribution is 2.17. The van der Waals surface area contributed by atoms with Crippen LogP contribution in [0, 0.1) is 5.92 Å². The smallest absolute Gasteiger partial charge is 0.220 e. The van der Waals surface area contributed by atoms with Crippen LogP contribution >= 0.6 is 11.6 Å². The zero-order valence-corrected chi connectivity index (χ0v) is 11.6. The van der Waals surface area contributed by atoms with Crippen LogP contribution in [0.15, 0.2) is 0 Å². The molecule has 1 saturated heterocycles. The Bertz CT molecular complexity index is 227. The van der Waals surface area contributed by atoms with Crippen molar-refractivity contribution in [2.24, 2.45) is 5.92 Å². The largest absolute Gasteiger partial charge is 0.378 e. The number of halogens is 1. The van der Waals surface area contributed by atoms with E-state index in [0.29, 0.717) is 24.3 Å². The van der Waals surface area contributed by atoms with E-state index in [-0.39, 0.29) is 11.9 Å². The Hall–Kier alpha value is -0.280. The Balaban J connectivity index is 2.21. The average molecular weight is 262 g/mol. The highest BCUT2D eigenvalue weighted by molar-refractivity contribution is 6.17. The third-order valence-electron chi connectivity index (χ3n) is 3.29. The molecule has 0 spiro atoms. The van der Waals surface area contributed by atoms with E-state index in [1.54, 1.807) is 0 Å². The van der Waals surface area contributed by atoms with Gasteiger partial charge in [-0.2, -0.15) is 0 Å². The van der Waals surface area contributed by atoms with Crippen molar-refractivity contribution in [3.05, 3.63) is 0 Å².